The summed E-state index contributed by atoms with van der Waals surface area (Å²) < 4.78 is 5.92. The van der Waals surface area contributed by atoms with Crippen LogP contribution in [0.15, 0.2) is 48.5 Å². The summed E-state index contributed by atoms with van der Waals surface area (Å²) in [7, 11) is 0. The van der Waals surface area contributed by atoms with Gasteiger partial charge in [0.05, 0.1) is 11.6 Å². The van der Waals surface area contributed by atoms with Gasteiger partial charge in [0.15, 0.2) is 0 Å². The molecule has 0 bridgehead atoms. The van der Waals surface area contributed by atoms with Crippen molar-refractivity contribution in [2.45, 2.75) is 19.1 Å². The average Bonchev–Trinajstić information content (AvgIpc) is 2.46. The molecule has 2 N–H and O–H groups in total. The molecule has 0 fully saturated rings. The number of rotatable bonds is 4. The molecule has 3 nitrogen and oxygen atoms in total. The summed E-state index contributed by atoms with van der Waals surface area (Å²) >= 11 is 6.20. The molecule has 2 atom stereocenters. The minimum atomic E-state index is -0.336. The van der Waals surface area contributed by atoms with E-state index in [9.17, 15) is 0 Å². The van der Waals surface area contributed by atoms with Crippen molar-refractivity contribution in [3.05, 3.63) is 64.7 Å². The Hall–Kier alpha value is -2.02. The Bertz CT molecular complexity index is 617. The van der Waals surface area contributed by atoms with Crippen LogP contribution in [0.5, 0.6) is 5.75 Å². The molecule has 2 unspecified atom stereocenters. The molecule has 0 amide bonds. The van der Waals surface area contributed by atoms with Crippen molar-refractivity contribution in [1.82, 2.24) is 0 Å². The zero-order valence-corrected chi connectivity index (χ0v) is 11.8. The lowest BCUT2D eigenvalue weighted by Gasteiger charge is -2.23. The van der Waals surface area contributed by atoms with E-state index >= 15 is 0 Å². The van der Waals surface area contributed by atoms with Crippen LogP contribution in [0.1, 0.15) is 24.2 Å². The van der Waals surface area contributed by atoms with Gasteiger partial charge in [-0.05, 0) is 37.3 Å². The fraction of sp³-hybridized carbons (Fsp3) is 0.188. The number of halogens is 1. The molecule has 20 heavy (non-hydrogen) atoms. The predicted molar refractivity (Wildman–Crippen MR) is 79.6 cm³/mol. The van der Waals surface area contributed by atoms with Crippen molar-refractivity contribution in [3.63, 3.8) is 0 Å². The number of nitriles is 1. The normalized spacial score (nSPS) is 13.3. The lowest BCUT2D eigenvalue weighted by atomic mass is 10.0. The van der Waals surface area contributed by atoms with Gasteiger partial charge < -0.3 is 10.5 Å². The smallest absolute Gasteiger partial charge is 0.140 e. The largest absolute Gasteiger partial charge is 0.484 e. The summed E-state index contributed by atoms with van der Waals surface area (Å²) in [5.74, 6) is 0.659. The van der Waals surface area contributed by atoms with E-state index in [0.717, 1.165) is 5.56 Å². The highest BCUT2D eigenvalue weighted by atomic mass is 35.5. The van der Waals surface area contributed by atoms with Crippen LogP contribution in [0.3, 0.4) is 0 Å². The first-order valence-electron chi connectivity index (χ1n) is 6.28. The van der Waals surface area contributed by atoms with Gasteiger partial charge in [-0.15, -0.1) is 0 Å². The first kappa shape index (κ1) is 14.4. The maximum absolute atomic E-state index is 8.78. The van der Waals surface area contributed by atoms with E-state index in [2.05, 4.69) is 6.07 Å². The minimum absolute atomic E-state index is 0.217. The van der Waals surface area contributed by atoms with E-state index in [-0.39, 0.29) is 12.1 Å². The fourth-order valence-electron chi connectivity index (χ4n) is 1.91. The van der Waals surface area contributed by atoms with Gasteiger partial charge in [0.25, 0.3) is 0 Å². The molecular weight excluding hydrogens is 272 g/mol. The Labute approximate surface area is 123 Å². The molecule has 0 aliphatic heterocycles. The van der Waals surface area contributed by atoms with Crippen LogP contribution >= 0.6 is 11.6 Å². The first-order chi connectivity index (χ1) is 9.61. The molecule has 0 heterocycles. The topological polar surface area (TPSA) is 59.0 Å². The van der Waals surface area contributed by atoms with Crippen molar-refractivity contribution >= 4 is 11.6 Å². The van der Waals surface area contributed by atoms with Crippen molar-refractivity contribution in [2.24, 2.45) is 5.73 Å². The van der Waals surface area contributed by atoms with Gasteiger partial charge in [-0.3, -0.25) is 0 Å². The molecular formula is C16H15ClN2O. The highest BCUT2D eigenvalue weighted by molar-refractivity contribution is 6.31. The van der Waals surface area contributed by atoms with Gasteiger partial charge in [-0.1, -0.05) is 29.8 Å². The Morgan fingerprint density at radius 2 is 1.80 bits per heavy atom. The van der Waals surface area contributed by atoms with E-state index in [0.29, 0.717) is 16.3 Å². The molecule has 2 aromatic rings. The quantitative estimate of drug-likeness (QED) is 0.933. The number of hydrogen-bond acceptors (Lipinski definition) is 3. The molecule has 102 valence electrons. The average molecular weight is 287 g/mol. The maximum Gasteiger partial charge on any atom is 0.140 e. The monoisotopic (exact) mass is 286 g/mol. The molecule has 2 aromatic carbocycles. The van der Waals surface area contributed by atoms with E-state index < -0.39 is 0 Å². The van der Waals surface area contributed by atoms with Gasteiger partial charge in [0.1, 0.15) is 11.9 Å². The molecule has 0 saturated carbocycles. The Morgan fingerprint density at radius 1 is 1.15 bits per heavy atom. The molecule has 4 heteroatoms. The lowest BCUT2D eigenvalue weighted by molar-refractivity contribution is 0.180. The van der Waals surface area contributed by atoms with Crippen molar-refractivity contribution < 1.29 is 4.74 Å². The molecule has 0 radical (unpaired) electrons. The molecule has 0 aromatic heterocycles. The number of nitrogens with zero attached hydrogens (tertiary/aromatic N) is 1. The predicted octanol–water partition coefficient (Wildman–Crippen LogP) is 3.68. The molecule has 0 aliphatic rings. The number of hydrogen-bond donors (Lipinski definition) is 1. The van der Waals surface area contributed by atoms with Crippen LogP contribution < -0.4 is 10.5 Å². The number of ether oxygens (including phenoxy) is 1. The Morgan fingerprint density at radius 3 is 2.35 bits per heavy atom. The lowest BCUT2D eigenvalue weighted by Crippen LogP contribution is -2.29. The Kier molecular flexibility index (Phi) is 4.62. The van der Waals surface area contributed by atoms with Crippen molar-refractivity contribution in [2.75, 3.05) is 0 Å². The van der Waals surface area contributed by atoms with Gasteiger partial charge in [0.2, 0.25) is 0 Å². The standard InChI is InChI=1S/C16H15ClN2O/c1-11(19)16(14-4-2-3-5-15(14)17)20-13-8-6-12(10-18)7-9-13/h2-9,11,16H,19H2,1H3. The summed E-state index contributed by atoms with van der Waals surface area (Å²) in [6.07, 6.45) is -0.336. The first-order valence-corrected chi connectivity index (χ1v) is 6.66. The number of nitrogens with two attached hydrogens (primary N) is 1. The SMILES string of the molecule is CC(N)C(Oc1ccc(C#N)cc1)c1ccccc1Cl. The summed E-state index contributed by atoms with van der Waals surface area (Å²) in [5, 5.41) is 9.41. The van der Waals surface area contributed by atoms with Crippen LogP contribution in [0.25, 0.3) is 0 Å². The van der Waals surface area contributed by atoms with E-state index in [1.165, 1.54) is 0 Å². The van der Waals surface area contributed by atoms with Crippen molar-refractivity contribution in [3.8, 4) is 11.8 Å². The van der Waals surface area contributed by atoms with Crippen LogP contribution in [-0.2, 0) is 0 Å². The van der Waals surface area contributed by atoms with Crippen LogP contribution in [0, 0.1) is 11.3 Å². The molecule has 0 saturated heterocycles. The Balaban J connectivity index is 2.26. The number of benzene rings is 2. The third-order valence-electron chi connectivity index (χ3n) is 2.94. The molecule has 2 rings (SSSR count). The molecule has 0 spiro atoms. The van der Waals surface area contributed by atoms with E-state index in [1.807, 2.05) is 31.2 Å². The van der Waals surface area contributed by atoms with Gasteiger partial charge in [-0.25, -0.2) is 0 Å². The summed E-state index contributed by atoms with van der Waals surface area (Å²) in [5.41, 5.74) is 7.45. The van der Waals surface area contributed by atoms with Gasteiger partial charge in [0, 0.05) is 16.6 Å². The zero-order chi connectivity index (χ0) is 14.5. The van der Waals surface area contributed by atoms with E-state index in [1.54, 1.807) is 24.3 Å². The highest BCUT2D eigenvalue weighted by Crippen LogP contribution is 2.29. The van der Waals surface area contributed by atoms with Crippen LogP contribution in [0.4, 0.5) is 0 Å². The van der Waals surface area contributed by atoms with Gasteiger partial charge >= 0.3 is 0 Å². The second kappa shape index (κ2) is 6.42. The zero-order valence-electron chi connectivity index (χ0n) is 11.1. The van der Waals surface area contributed by atoms with Crippen LogP contribution in [-0.4, -0.2) is 6.04 Å². The second-order valence-corrected chi connectivity index (χ2v) is 4.96. The third kappa shape index (κ3) is 3.30. The summed E-state index contributed by atoms with van der Waals surface area (Å²) in [6, 6.07) is 16.3. The summed E-state index contributed by atoms with van der Waals surface area (Å²) in [4.78, 5) is 0. The minimum Gasteiger partial charge on any atom is -0.484 e. The van der Waals surface area contributed by atoms with Crippen LogP contribution in [0.2, 0.25) is 5.02 Å². The van der Waals surface area contributed by atoms with Gasteiger partial charge in [-0.2, -0.15) is 5.26 Å². The van der Waals surface area contributed by atoms with E-state index in [4.69, 9.17) is 27.3 Å². The fourth-order valence-corrected chi connectivity index (χ4v) is 2.16. The highest BCUT2D eigenvalue weighted by Gasteiger charge is 2.20. The summed E-state index contributed by atoms with van der Waals surface area (Å²) in [6.45, 7) is 1.87. The maximum atomic E-state index is 8.78. The van der Waals surface area contributed by atoms with Crippen molar-refractivity contribution in [1.29, 1.82) is 5.26 Å². The third-order valence-corrected chi connectivity index (χ3v) is 3.28. The second-order valence-electron chi connectivity index (χ2n) is 4.56. The molecule has 0 aliphatic carbocycles.